The van der Waals surface area contributed by atoms with Crippen molar-refractivity contribution < 1.29 is 18.9 Å². The van der Waals surface area contributed by atoms with E-state index in [2.05, 4.69) is 6.92 Å². The molecule has 2 aliphatic rings. The third kappa shape index (κ3) is 10.5. The molecule has 148 valence electrons. The first kappa shape index (κ1) is 21.1. The van der Waals surface area contributed by atoms with Crippen LogP contribution in [-0.2, 0) is 18.9 Å². The van der Waals surface area contributed by atoms with Crippen LogP contribution in [0, 0.1) is 0 Å². The maximum atomic E-state index is 5.97. The third-order valence-electron chi connectivity index (χ3n) is 5.22. The van der Waals surface area contributed by atoms with E-state index in [0.717, 1.165) is 39.1 Å². The molecule has 4 heteroatoms. The van der Waals surface area contributed by atoms with Crippen LogP contribution < -0.4 is 0 Å². The minimum Gasteiger partial charge on any atom is -0.353 e. The van der Waals surface area contributed by atoms with Crippen LogP contribution in [0.2, 0.25) is 0 Å². The van der Waals surface area contributed by atoms with Crippen molar-refractivity contribution in [3.05, 3.63) is 0 Å². The van der Waals surface area contributed by atoms with Crippen molar-refractivity contribution in [2.24, 2.45) is 0 Å². The Balaban J connectivity index is 1.30. The summed E-state index contributed by atoms with van der Waals surface area (Å²) in [5.41, 5.74) is 0. The van der Waals surface area contributed by atoms with Crippen molar-refractivity contribution >= 4 is 0 Å². The van der Waals surface area contributed by atoms with Gasteiger partial charge in [-0.15, -0.1) is 0 Å². The van der Waals surface area contributed by atoms with Gasteiger partial charge in [-0.2, -0.15) is 0 Å². The molecule has 0 spiro atoms. The Morgan fingerprint density at radius 3 is 2.00 bits per heavy atom. The van der Waals surface area contributed by atoms with Crippen LogP contribution in [0.3, 0.4) is 0 Å². The van der Waals surface area contributed by atoms with Gasteiger partial charge < -0.3 is 18.9 Å². The van der Waals surface area contributed by atoms with E-state index in [1.54, 1.807) is 0 Å². The number of rotatable bonds is 13. The molecule has 0 bridgehead atoms. The first-order chi connectivity index (χ1) is 12.3. The van der Waals surface area contributed by atoms with E-state index in [9.17, 15) is 0 Å². The van der Waals surface area contributed by atoms with E-state index >= 15 is 0 Å². The fourth-order valence-electron chi connectivity index (χ4n) is 3.62. The Morgan fingerprint density at radius 2 is 1.36 bits per heavy atom. The van der Waals surface area contributed by atoms with Gasteiger partial charge in [0.05, 0.1) is 6.10 Å². The predicted molar refractivity (Wildman–Crippen MR) is 101 cm³/mol. The lowest BCUT2D eigenvalue weighted by molar-refractivity contribution is -0.185. The lowest BCUT2D eigenvalue weighted by Crippen LogP contribution is -2.26. The van der Waals surface area contributed by atoms with Gasteiger partial charge in [0.25, 0.3) is 0 Å². The number of hydrogen-bond acceptors (Lipinski definition) is 4. The number of unbranched alkanes of at least 4 members (excludes halogenated alkanes) is 6. The maximum absolute atomic E-state index is 5.97. The summed E-state index contributed by atoms with van der Waals surface area (Å²) >= 11 is 0. The SMILES string of the molecule is CC(CCCCCCCCCOC1CCCCO1)OC1CCCCO1. The van der Waals surface area contributed by atoms with Gasteiger partial charge in [0.15, 0.2) is 12.6 Å². The molecule has 25 heavy (non-hydrogen) atoms. The summed E-state index contributed by atoms with van der Waals surface area (Å²) < 4.78 is 23.0. The zero-order valence-corrected chi connectivity index (χ0v) is 16.4. The molecule has 2 heterocycles. The molecule has 0 N–H and O–H groups in total. The fraction of sp³-hybridized carbons (Fsp3) is 1.00. The minimum absolute atomic E-state index is 0.0602. The summed E-state index contributed by atoms with van der Waals surface area (Å²) in [7, 11) is 0. The van der Waals surface area contributed by atoms with Gasteiger partial charge in [-0.1, -0.05) is 38.5 Å². The van der Waals surface area contributed by atoms with Crippen molar-refractivity contribution in [1.29, 1.82) is 0 Å². The average molecular weight is 357 g/mol. The summed E-state index contributed by atoms with van der Waals surface area (Å²) in [4.78, 5) is 0. The van der Waals surface area contributed by atoms with Crippen molar-refractivity contribution in [3.63, 3.8) is 0 Å². The second kappa shape index (κ2) is 14.0. The summed E-state index contributed by atoms with van der Waals surface area (Å²) in [6.45, 7) is 4.80. The molecule has 0 amide bonds. The van der Waals surface area contributed by atoms with Crippen LogP contribution in [-0.4, -0.2) is 38.5 Å². The topological polar surface area (TPSA) is 36.9 Å². The highest BCUT2D eigenvalue weighted by molar-refractivity contribution is 4.59. The smallest absolute Gasteiger partial charge is 0.157 e. The van der Waals surface area contributed by atoms with Gasteiger partial charge >= 0.3 is 0 Å². The Labute approximate surface area is 154 Å². The lowest BCUT2D eigenvalue weighted by atomic mass is 10.1. The standard InChI is InChI=1S/C21H40O4/c1-19(25-21-15-9-12-18-24-21)13-7-5-3-2-4-6-10-16-22-20-14-8-11-17-23-20/h19-21H,2-18H2,1H3. The Kier molecular flexibility index (Phi) is 11.8. The van der Waals surface area contributed by atoms with Crippen LogP contribution in [0.5, 0.6) is 0 Å². The molecule has 2 rings (SSSR count). The number of ether oxygens (including phenoxy) is 4. The van der Waals surface area contributed by atoms with Crippen molar-refractivity contribution in [3.8, 4) is 0 Å². The lowest BCUT2D eigenvalue weighted by Gasteiger charge is -2.26. The molecular weight excluding hydrogens is 316 g/mol. The van der Waals surface area contributed by atoms with Gasteiger partial charge in [-0.05, 0) is 58.3 Å². The summed E-state index contributed by atoms with van der Waals surface area (Å²) in [5, 5.41) is 0. The van der Waals surface area contributed by atoms with E-state index in [1.807, 2.05) is 0 Å². The van der Waals surface area contributed by atoms with E-state index < -0.39 is 0 Å². The van der Waals surface area contributed by atoms with Crippen LogP contribution in [0.1, 0.15) is 96.8 Å². The highest BCUT2D eigenvalue weighted by atomic mass is 16.7. The van der Waals surface area contributed by atoms with Crippen LogP contribution in [0.25, 0.3) is 0 Å². The molecule has 0 aromatic carbocycles. The molecule has 3 atom stereocenters. The molecule has 0 aromatic rings. The molecule has 2 fully saturated rings. The quantitative estimate of drug-likeness (QED) is 0.404. The first-order valence-corrected chi connectivity index (χ1v) is 10.8. The van der Waals surface area contributed by atoms with Gasteiger partial charge in [0.1, 0.15) is 0 Å². The zero-order chi connectivity index (χ0) is 17.6. The highest BCUT2D eigenvalue weighted by Gasteiger charge is 2.16. The van der Waals surface area contributed by atoms with Crippen molar-refractivity contribution in [2.75, 3.05) is 19.8 Å². The minimum atomic E-state index is 0.0602. The summed E-state index contributed by atoms with van der Waals surface area (Å²) in [6, 6.07) is 0. The predicted octanol–water partition coefficient (Wildman–Crippen LogP) is 5.58. The molecule has 0 aromatic heterocycles. The largest absolute Gasteiger partial charge is 0.353 e. The molecule has 2 saturated heterocycles. The van der Waals surface area contributed by atoms with Crippen molar-refractivity contribution in [1.82, 2.24) is 0 Å². The molecule has 2 aliphatic heterocycles. The van der Waals surface area contributed by atoms with Gasteiger partial charge in [0.2, 0.25) is 0 Å². The Hall–Kier alpha value is -0.160. The molecule has 4 nitrogen and oxygen atoms in total. The fourth-order valence-corrected chi connectivity index (χ4v) is 3.62. The molecular formula is C21H40O4. The van der Waals surface area contributed by atoms with Crippen molar-refractivity contribution in [2.45, 2.75) is 115 Å². The van der Waals surface area contributed by atoms with E-state index in [-0.39, 0.29) is 12.6 Å². The van der Waals surface area contributed by atoms with Gasteiger partial charge in [-0.25, -0.2) is 0 Å². The average Bonchev–Trinajstić information content (AvgIpc) is 2.65. The van der Waals surface area contributed by atoms with Crippen LogP contribution in [0.4, 0.5) is 0 Å². The molecule has 0 radical (unpaired) electrons. The highest BCUT2D eigenvalue weighted by Crippen LogP contribution is 2.18. The monoisotopic (exact) mass is 356 g/mol. The molecule has 3 unspecified atom stereocenters. The molecule has 0 saturated carbocycles. The molecule has 0 aliphatic carbocycles. The van der Waals surface area contributed by atoms with Gasteiger partial charge in [0, 0.05) is 19.8 Å². The second-order valence-electron chi connectivity index (χ2n) is 7.67. The first-order valence-electron chi connectivity index (χ1n) is 10.8. The maximum Gasteiger partial charge on any atom is 0.157 e. The Morgan fingerprint density at radius 1 is 0.760 bits per heavy atom. The summed E-state index contributed by atoms with van der Waals surface area (Å²) in [6.07, 6.45) is 17.7. The zero-order valence-electron chi connectivity index (χ0n) is 16.4. The summed E-state index contributed by atoms with van der Waals surface area (Å²) in [5.74, 6) is 0. The second-order valence-corrected chi connectivity index (χ2v) is 7.67. The van der Waals surface area contributed by atoms with E-state index in [0.29, 0.717) is 6.10 Å². The van der Waals surface area contributed by atoms with E-state index in [4.69, 9.17) is 18.9 Å². The van der Waals surface area contributed by atoms with Crippen LogP contribution in [0.15, 0.2) is 0 Å². The van der Waals surface area contributed by atoms with Crippen LogP contribution >= 0.6 is 0 Å². The van der Waals surface area contributed by atoms with Gasteiger partial charge in [-0.3, -0.25) is 0 Å². The van der Waals surface area contributed by atoms with E-state index in [1.165, 1.54) is 70.6 Å². The normalized spacial score (nSPS) is 25.8. The third-order valence-corrected chi connectivity index (χ3v) is 5.22. The number of hydrogen-bond donors (Lipinski definition) is 0. The Bertz CT molecular complexity index is 298.